The summed E-state index contributed by atoms with van der Waals surface area (Å²) >= 11 is 3.18. The van der Waals surface area contributed by atoms with Crippen LogP contribution < -0.4 is 27.0 Å². The largest absolute Gasteiger partial charge is 0.390 e. The topological polar surface area (TPSA) is 132 Å². The number of aliphatic hydroxyl groups is 1. The number of amides is 2. The molecule has 7 N–H and O–H groups in total. The molecule has 1 aliphatic heterocycles. The molecule has 4 rings (SSSR count). The zero-order chi connectivity index (χ0) is 33.3. The second-order valence-corrected chi connectivity index (χ2v) is 15.0. The molecule has 3 aromatic rings. The summed E-state index contributed by atoms with van der Waals surface area (Å²) in [7, 11) is 0. The predicted octanol–water partition coefficient (Wildman–Crippen LogP) is 4.53. The van der Waals surface area contributed by atoms with E-state index in [4.69, 9.17) is 5.73 Å². The van der Waals surface area contributed by atoms with E-state index in [1.165, 1.54) is 0 Å². The number of thioether (sulfide) groups is 1. The van der Waals surface area contributed by atoms with Gasteiger partial charge in [0.25, 0.3) is 0 Å². The fraction of sp³-hybridized carbons (Fsp3) is 0.429. The van der Waals surface area contributed by atoms with Gasteiger partial charge in [-0.05, 0) is 74.4 Å². The molecule has 0 saturated carbocycles. The molecule has 2 unspecified atom stereocenters. The molecule has 46 heavy (non-hydrogen) atoms. The van der Waals surface area contributed by atoms with Crippen molar-refractivity contribution >= 4 is 41.2 Å². The minimum atomic E-state index is -0.864. The zero-order valence-electron chi connectivity index (χ0n) is 27.3. The van der Waals surface area contributed by atoms with Gasteiger partial charge in [0.15, 0.2) is 0 Å². The van der Waals surface area contributed by atoms with Crippen LogP contribution in [0.25, 0.3) is 0 Å². The van der Waals surface area contributed by atoms with Gasteiger partial charge in [-0.1, -0.05) is 86.3 Å². The smallest absolute Gasteiger partial charge is 0.239 e. The average molecular weight is 665 g/mol. The maximum absolute atomic E-state index is 13.2. The number of nitrogens with two attached hydrogens (primary N) is 1. The third kappa shape index (κ3) is 10.8. The molecule has 0 aromatic heterocycles. The minimum Gasteiger partial charge on any atom is -0.390 e. The van der Waals surface area contributed by atoms with E-state index in [0.717, 1.165) is 33.2 Å². The Hall–Kier alpha value is -3.06. The Morgan fingerprint density at radius 2 is 1.70 bits per heavy atom. The lowest BCUT2D eigenvalue weighted by molar-refractivity contribution is -0.128. The lowest BCUT2D eigenvalue weighted by Gasteiger charge is -2.31. The van der Waals surface area contributed by atoms with Gasteiger partial charge in [0.05, 0.1) is 24.7 Å². The molecule has 0 fully saturated rings. The fourth-order valence-corrected chi connectivity index (χ4v) is 7.59. The van der Waals surface area contributed by atoms with Crippen molar-refractivity contribution < 1.29 is 14.7 Å². The highest BCUT2D eigenvalue weighted by atomic mass is 32.2. The Labute approximate surface area is 282 Å². The van der Waals surface area contributed by atoms with Crippen molar-refractivity contribution in [1.82, 2.24) is 20.3 Å². The van der Waals surface area contributed by atoms with E-state index >= 15 is 0 Å². The number of aliphatic hydroxyl groups excluding tert-OH is 1. The maximum atomic E-state index is 13.2. The highest BCUT2D eigenvalue weighted by molar-refractivity contribution is 8.00. The van der Waals surface area contributed by atoms with E-state index in [-0.39, 0.29) is 23.9 Å². The van der Waals surface area contributed by atoms with Crippen molar-refractivity contribution in [3.63, 3.8) is 0 Å². The molecular formula is C35H48N6O3S2. The summed E-state index contributed by atoms with van der Waals surface area (Å²) in [6.07, 6.45) is -0.415. The Balaban J connectivity index is 1.38. The first-order valence-corrected chi connectivity index (χ1v) is 17.4. The number of anilines is 1. The maximum Gasteiger partial charge on any atom is 0.239 e. The Kier molecular flexibility index (Phi) is 13.0. The molecule has 1 aliphatic rings. The first-order valence-electron chi connectivity index (χ1n) is 15.8. The monoisotopic (exact) mass is 664 g/mol. The third-order valence-corrected chi connectivity index (χ3v) is 9.68. The van der Waals surface area contributed by atoms with Gasteiger partial charge >= 0.3 is 0 Å². The fourth-order valence-electron chi connectivity index (χ4n) is 5.41. The molecule has 3 aromatic carbocycles. The number of nitrogens with zero attached hydrogens (tertiary/aromatic N) is 1. The molecule has 0 bridgehead atoms. The van der Waals surface area contributed by atoms with Crippen molar-refractivity contribution in [3.8, 4) is 0 Å². The number of carbonyl (C=O) groups is 2. The molecule has 0 saturated heterocycles. The van der Waals surface area contributed by atoms with Crippen LogP contribution in [0.5, 0.6) is 0 Å². The summed E-state index contributed by atoms with van der Waals surface area (Å²) in [4.78, 5) is 28.3. The molecule has 2 amide bonds. The average Bonchev–Trinajstić information content (AvgIpc) is 3.39. The van der Waals surface area contributed by atoms with Crippen LogP contribution in [0.1, 0.15) is 45.7 Å². The predicted molar refractivity (Wildman–Crippen MR) is 189 cm³/mol. The van der Waals surface area contributed by atoms with Crippen LogP contribution in [0, 0.1) is 5.92 Å². The third-order valence-electron chi connectivity index (χ3n) is 7.70. The van der Waals surface area contributed by atoms with E-state index in [1.54, 1.807) is 30.6 Å². The Bertz CT molecular complexity index is 1430. The zero-order valence-corrected chi connectivity index (χ0v) is 29.0. The standard InChI is InChI=1S/C35H48N6O3S2/c1-23(2)21-41(46-27-16-17-28-31(19-27)45-34(36)39-28)22-30(42)29(18-25-12-8-6-9-13-25)38-32(43)20-37-33(44)24(3)40-35(4,5)26-14-10-7-11-15-26/h6-17,19,23-24,29-30,34,39-40,42H,18,20-22,36H2,1-5H3,(H,37,44)(H,38,43)/t24-,29+,30?,34?/m1/s1. The quantitative estimate of drug-likeness (QED) is 0.122. The highest BCUT2D eigenvalue weighted by Gasteiger charge is 2.28. The molecular weight excluding hydrogens is 617 g/mol. The number of fused-ring (bicyclic) bond motifs is 1. The summed E-state index contributed by atoms with van der Waals surface area (Å²) in [6, 6.07) is 24.8. The van der Waals surface area contributed by atoms with Crippen molar-refractivity contribution in [2.75, 3.05) is 25.0 Å². The number of rotatable bonds is 16. The van der Waals surface area contributed by atoms with Crippen molar-refractivity contribution in [2.45, 2.75) is 80.1 Å². The SMILES string of the molecule is CC(C)CN(CC(O)[C@H](Cc1ccccc1)NC(=O)CNC(=O)[C@@H](C)NC(C)(C)c1ccccc1)Sc1ccc2c(c1)SC(N)N2. The summed E-state index contributed by atoms with van der Waals surface area (Å²) in [5.74, 6) is -0.272. The van der Waals surface area contributed by atoms with E-state index < -0.39 is 23.7 Å². The van der Waals surface area contributed by atoms with Gasteiger partial charge in [0, 0.05) is 34.1 Å². The van der Waals surface area contributed by atoms with Gasteiger partial charge in [-0.3, -0.25) is 14.9 Å². The van der Waals surface area contributed by atoms with Gasteiger partial charge in [-0.25, -0.2) is 4.31 Å². The van der Waals surface area contributed by atoms with Crippen LogP contribution >= 0.6 is 23.7 Å². The second kappa shape index (κ2) is 16.7. The number of carbonyl (C=O) groups excluding carboxylic acids is 2. The van der Waals surface area contributed by atoms with Crippen LogP contribution in [0.3, 0.4) is 0 Å². The van der Waals surface area contributed by atoms with E-state index in [2.05, 4.69) is 51.6 Å². The number of nitrogens with one attached hydrogen (secondary N) is 4. The molecule has 0 aliphatic carbocycles. The van der Waals surface area contributed by atoms with Gasteiger partial charge in [-0.15, -0.1) is 0 Å². The number of hydrogen-bond donors (Lipinski definition) is 6. The summed E-state index contributed by atoms with van der Waals surface area (Å²) in [5, 5.41) is 23.9. The molecule has 0 spiro atoms. The Morgan fingerprint density at radius 3 is 2.37 bits per heavy atom. The van der Waals surface area contributed by atoms with Gasteiger partial charge in [0.1, 0.15) is 5.50 Å². The molecule has 1 heterocycles. The van der Waals surface area contributed by atoms with E-state index in [0.29, 0.717) is 18.9 Å². The molecule has 11 heteroatoms. The second-order valence-electron chi connectivity index (χ2n) is 12.7. The normalized spacial score (nSPS) is 16.4. The summed E-state index contributed by atoms with van der Waals surface area (Å²) < 4.78 is 2.15. The van der Waals surface area contributed by atoms with Crippen molar-refractivity contribution in [1.29, 1.82) is 0 Å². The lowest BCUT2D eigenvalue weighted by atomic mass is 9.93. The molecule has 4 atom stereocenters. The van der Waals surface area contributed by atoms with E-state index in [1.807, 2.05) is 80.6 Å². The first-order chi connectivity index (χ1) is 21.9. The van der Waals surface area contributed by atoms with Gasteiger partial charge in [0.2, 0.25) is 11.8 Å². The van der Waals surface area contributed by atoms with Crippen LogP contribution in [0.2, 0.25) is 0 Å². The minimum absolute atomic E-state index is 0.156. The van der Waals surface area contributed by atoms with Crippen LogP contribution in [-0.4, -0.2) is 64.5 Å². The molecule has 0 radical (unpaired) electrons. The number of hydrogen-bond acceptors (Lipinski definition) is 9. The summed E-state index contributed by atoms with van der Waals surface area (Å²) in [6.45, 7) is 11.0. The van der Waals surface area contributed by atoms with Gasteiger partial charge in [-0.2, -0.15) is 0 Å². The van der Waals surface area contributed by atoms with Crippen LogP contribution in [0.15, 0.2) is 88.7 Å². The van der Waals surface area contributed by atoms with Gasteiger partial charge < -0.3 is 26.8 Å². The van der Waals surface area contributed by atoms with Crippen molar-refractivity contribution in [2.24, 2.45) is 11.7 Å². The highest BCUT2D eigenvalue weighted by Crippen LogP contribution is 2.39. The first kappa shape index (κ1) is 35.8. The molecule has 9 nitrogen and oxygen atoms in total. The van der Waals surface area contributed by atoms with Crippen molar-refractivity contribution in [3.05, 3.63) is 90.0 Å². The Morgan fingerprint density at radius 1 is 1.02 bits per heavy atom. The molecule has 248 valence electrons. The van der Waals surface area contributed by atoms with Crippen LogP contribution in [-0.2, 0) is 21.5 Å². The summed E-state index contributed by atoms with van der Waals surface area (Å²) in [5.41, 5.74) is 8.54. The van der Waals surface area contributed by atoms with Crippen LogP contribution in [0.4, 0.5) is 5.69 Å². The lowest BCUT2D eigenvalue weighted by Crippen LogP contribution is -2.53. The van der Waals surface area contributed by atoms with E-state index in [9.17, 15) is 14.7 Å². The number of benzene rings is 3.